The van der Waals surface area contributed by atoms with Crippen LogP contribution in [0.15, 0.2) is 18.3 Å². The quantitative estimate of drug-likeness (QED) is 0.630. The van der Waals surface area contributed by atoms with Crippen LogP contribution in [0.2, 0.25) is 0 Å². The zero-order valence-electron chi connectivity index (χ0n) is 9.97. The van der Waals surface area contributed by atoms with Crippen molar-refractivity contribution >= 4 is 17.6 Å². The molecule has 2 bridgehead atoms. The molecule has 0 saturated carbocycles. The topological polar surface area (TPSA) is 99.8 Å². The molecule has 0 spiro atoms. The molecule has 8 nitrogen and oxygen atoms in total. The number of nitrogens with zero attached hydrogens (tertiary/aromatic N) is 4. The van der Waals surface area contributed by atoms with Gasteiger partial charge in [-0.3, -0.25) is 0 Å². The molecule has 0 aromatic carbocycles. The average molecular weight is 264 g/mol. The molecule has 2 aliphatic heterocycles. The standard InChI is InChI=1S/C11H12N4O4/c16-11(17)14-6-8-3-9(14)5-13(8)7-1-2-10(12-4-7)15(18)19/h1-2,4,8-9H,3,5-6H2,(H,16,17)/t8-,9-/m0/s1. The van der Waals surface area contributed by atoms with Gasteiger partial charge in [-0.15, -0.1) is 0 Å². The number of pyridine rings is 1. The number of hydrogen-bond donors (Lipinski definition) is 1. The van der Waals surface area contributed by atoms with Crippen LogP contribution >= 0.6 is 0 Å². The van der Waals surface area contributed by atoms with Gasteiger partial charge < -0.3 is 25.0 Å². The fourth-order valence-electron chi connectivity index (χ4n) is 2.87. The zero-order valence-corrected chi connectivity index (χ0v) is 9.97. The molecular weight excluding hydrogens is 252 g/mol. The highest BCUT2D eigenvalue weighted by Crippen LogP contribution is 2.34. The summed E-state index contributed by atoms with van der Waals surface area (Å²) in [5.74, 6) is -0.180. The second-order valence-corrected chi connectivity index (χ2v) is 4.76. The molecule has 3 heterocycles. The van der Waals surface area contributed by atoms with Crippen LogP contribution in [0.4, 0.5) is 16.3 Å². The van der Waals surface area contributed by atoms with Crippen LogP contribution in [0.3, 0.4) is 0 Å². The number of rotatable bonds is 2. The number of likely N-dealkylation sites (tertiary alicyclic amines) is 1. The predicted octanol–water partition coefficient (Wildman–Crippen LogP) is 0.931. The molecule has 1 aromatic rings. The minimum atomic E-state index is -0.881. The second kappa shape index (κ2) is 4.08. The molecule has 1 amide bonds. The van der Waals surface area contributed by atoms with Gasteiger partial charge in [0.05, 0.1) is 11.7 Å². The van der Waals surface area contributed by atoms with Gasteiger partial charge in [0.1, 0.15) is 0 Å². The molecule has 19 heavy (non-hydrogen) atoms. The first kappa shape index (κ1) is 11.7. The molecule has 0 unspecified atom stereocenters. The van der Waals surface area contributed by atoms with Crippen molar-refractivity contribution in [1.29, 1.82) is 0 Å². The maximum atomic E-state index is 11.0. The highest BCUT2D eigenvalue weighted by Gasteiger charge is 2.45. The van der Waals surface area contributed by atoms with E-state index in [4.69, 9.17) is 5.11 Å². The van der Waals surface area contributed by atoms with Gasteiger partial charge in [0, 0.05) is 25.2 Å². The van der Waals surface area contributed by atoms with Crippen LogP contribution < -0.4 is 4.90 Å². The molecule has 8 heteroatoms. The summed E-state index contributed by atoms with van der Waals surface area (Å²) in [7, 11) is 0. The molecule has 2 fully saturated rings. The first-order valence-electron chi connectivity index (χ1n) is 5.93. The van der Waals surface area contributed by atoms with E-state index in [9.17, 15) is 14.9 Å². The Morgan fingerprint density at radius 1 is 1.42 bits per heavy atom. The Morgan fingerprint density at radius 3 is 2.68 bits per heavy atom. The Bertz CT molecular complexity index is 532. The molecule has 0 radical (unpaired) electrons. The zero-order chi connectivity index (χ0) is 13.6. The van der Waals surface area contributed by atoms with Crippen LogP contribution in [0.5, 0.6) is 0 Å². The van der Waals surface area contributed by atoms with Gasteiger partial charge in [0.15, 0.2) is 6.20 Å². The monoisotopic (exact) mass is 264 g/mol. The normalized spacial score (nSPS) is 24.8. The van der Waals surface area contributed by atoms with Crippen molar-refractivity contribution in [2.45, 2.75) is 18.5 Å². The summed E-state index contributed by atoms with van der Waals surface area (Å²) in [5, 5.41) is 19.5. The Balaban J connectivity index is 1.76. The summed E-state index contributed by atoms with van der Waals surface area (Å²) in [6, 6.07) is 3.19. The van der Waals surface area contributed by atoms with E-state index in [1.165, 1.54) is 17.2 Å². The molecule has 2 saturated heterocycles. The van der Waals surface area contributed by atoms with Crippen molar-refractivity contribution in [2.75, 3.05) is 18.0 Å². The van der Waals surface area contributed by atoms with Gasteiger partial charge in [0.2, 0.25) is 0 Å². The van der Waals surface area contributed by atoms with Crippen molar-refractivity contribution in [1.82, 2.24) is 9.88 Å². The highest BCUT2D eigenvalue weighted by atomic mass is 16.6. The molecule has 0 aliphatic carbocycles. The van der Waals surface area contributed by atoms with Gasteiger partial charge in [-0.05, 0) is 22.4 Å². The van der Waals surface area contributed by atoms with Crippen molar-refractivity contribution < 1.29 is 14.8 Å². The number of aromatic nitrogens is 1. The minimum absolute atomic E-state index is 0.0118. The van der Waals surface area contributed by atoms with Crippen LogP contribution in [0, 0.1) is 10.1 Å². The Hall–Kier alpha value is -2.38. The van der Waals surface area contributed by atoms with E-state index in [0.717, 1.165) is 12.1 Å². The Kier molecular flexibility index (Phi) is 2.51. The Labute approximate surface area is 108 Å². The summed E-state index contributed by atoms with van der Waals surface area (Å²) < 4.78 is 0. The summed E-state index contributed by atoms with van der Waals surface area (Å²) in [6.07, 6.45) is 1.40. The second-order valence-electron chi connectivity index (χ2n) is 4.76. The van der Waals surface area contributed by atoms with E-state index in [2.05, 4.69) is 9.88 Å². The Morgan fingerprint density at radius 2 is 2.21 bits per heavy atom. The largest absolute Gasteiger partial charge is 0.465 e. The van der Waals surface area contributed by atoms with Crippen LogP contribution in [-0.2, 0) is 0 Å². The molecule has 100 valence electrons. The molecule has 1 N–H and O–H groups in total. The molecule has 3 rings (SSSR count). The smallest absolute Gasteiger partial charge is 0.407 e. The molecule has 2 atom stereocenters. The number of anilines is 1. The number of nitro groups is 1. The van der Waals surface area contributed by atoms with Crippen molar-refractivity contribution in [3.8, 4) is 0 Å². The number of carbonyl (C=O) groups is 1. The average Bonchev–Trinajstić information content (AvgIpc) is 2.98. The SMILES string of the molecule is O=C(O)N1C[C@@H]2C[C@H]1CN2c1ccc([N+](=O)[O-])nc1. The van der Waals surface area contributed by atoms with E-state index >= 15 is 0 Å². The molecule has 2 aliphatic rings. The van der Waals surface area contributed by atoms with E-state index in [-0.39, 0.29) is 17.9 Å². The summed E-state index contributed by atoms with van der Waals surface area (Å²) >= 11 is 0. The third kappa shape index (κ3) is 1.85. The minimum Gasteiger partial charge on any atom is -0.465 e. The first-order valence-corrected chi connectivity index (χ1v) is 5.93. The molecular formula is C11H12N4O4. The summed E-state index contributed by atoms with van der Waals surface area (Å²) in [5.41, 5.74) is 0.808. The third-order valence-electron chi connectivity index (χ3n) is 3.74. The fraction of sp³-hybridized carbons (Fsp3) is 0.455. The number of fused-ring (bicyclic) bond motifs is 2. The van der Waals surface area contributed by atoms with Crippen LogP contribution in [-0.4, -0.2) is 51.2 Å². The lowest BCUT2D eigenvalue weighted by Crippen LogP contribution is -2.48. The van der Waals surface area contributed by atoms with Crippen molar-refractivity contribution in [3.05, 3.63) is 28.4 Å². The highest BCUT2D eigenvalue weighted by molar-refractivity contribution is 5.67. The van der Waals surface area contributed by atoms with Gasteiger partial charge in [-0.2, -0.15) is 0 Å². The first-order chi connectivity index (χ1) is 9.06. The lowest BCUT2D eigenvalue weighted by atomic mass is 10.2. The van der Waals surface area contributed by atoms with E-state index in [1.54, 1.807) is 6.07 Å². The predicted molar refractivity (Wildman–Crippen MR) is 65.2 cm³/mol. The number of amides is 1. The maximum absolute atomic E-state index is 11.0. The number of carboxylic acid groups (broad SMARTS) is 1. The van der Waals surface area contributed by atoms with Crippen LogP contribution in [0.25, 0.3) is 0 Å². The number of piperazine rings is 1. The number of hydrogen-bond acceptors (Lipinski definition) is 5. The van der Waals surface area contributed by atoms with Crippen molar-refractivity contribution in [3.63, 3.8) is 0 Å². The lowest BCUT2D eigenvalue weighted by Gasteiger charge is -2.33. The van der Waals surface area contributed by atoms with Gasteiger partial charge in [0.25, 0.3) is 0 Å². The summed E-state index contributed by atoms with van der Waals surface area (Å²) in [6.45, 7) is 1.10. The van der Waals surface area contributed by atoms with Gasteiger partial charge in [-0.1, -0.05) is 0 Å². The van der Waals surface area contributed by atoms with Crippen molar-refractivity contribution in [2.24, 2.45) is 0 Å². The van der Waals surface area contributed by atoms with Gasteiger partial charge >= 0.3 is 11.9 Å². The van der Waals surface area contributed by atoms with Crippen LogP contribution in [0.1, 0.15) is 6.42 Å². The van der Waals surface area contributed by atoms with Gasteiger partial charge in [-0.25, -0.2) is 4.79 Å². The van der Waals surface area contributed by atoms with E-state index in [0.29, 0.717) is 13.1 Å². The maximum Gasteiger partial charge on any atom is 0.407 e. The van der Waals surface area contributed by atoms with E-state index in [1.807, 2.05) is 0 Å². The summed E-state index contributed by atoms with van der Waals surface area (Å²) in [4.78, 5) is 28.3. The van der Waals surface area contributed by atoms with E-state index < -0.39 is 11.0 Å². The fourth-order valence-corrected chi connectivity index (χ4v) is 2.87. The lowest BCUT2D eigenvalue weighted by molar-refractivity contribution is -0.389. The third-order valence-corrected chi connectivity index (χ3v) is 3.74. The molecule has 1 aromatic heterocycles.